The van der Waals surface area contributed by atoms with Crippen molar-refractivity contribution < 1.29 is 22.8 Å². The lowest BCUT2D eigenvalue weighted by atomic mass is 10.1. The molecule has 2 rings (SSSR count). The highest BCUT2D eigenvalue weighted by molar-refractivity contribution is 6.30. The lowest BCUT2D eigenvalue weighted by Gasteiger charge is -2.20. The van der Waals surface area contributed by atoms with E-state index in [9.17, 15) is 22.8 Å². The quantitative estimate of drug-likeness (QED) is 0.752. The van der Waals surface area contributed by atoms with Crippen LogP contribution in [0.4, 0.5) is 18.9 Å². The van der Waals surface area contributed by atoms with Crippen LogP contribution >= 0.6 is 11.6 Å². The van der Waals surface area contributed by atoms with Crippen molar-refractivity contribution in [2.24, 2.45) is 0 Å². The second kappa shape index (κ2) is 7.60. The number of halogens is 4. The maximum atomic E-state index is 13.1. The summed E-state index contributed by atoms with van der Waals surface area (Å²) in [6, 6.07) is 8.70. The molecule has 0 aliphatic heterocycles. The first-order valence-corrected chi connectivity index (χ1v) is 8.35. The van der Waals surface area contributed by atoms with Gasteiger partial charge in [0.15, 0.2) is 0 Å². The summed E-state index contributed by atoms with van der Waals surface area (Å²) in [6.45, 7) is 5.49. The average molecular weight is 399 g/mol. The van der Waals surface area contributed by atoms with E-state index in [4.69, 9.17) is 11.6 Å². The molecule has 0 aliphatic rings. The van der Waals surface area contributed by atoms with Gasteiger partial charge in [0.25, 0.3) is 11.8 Å². The summed E-state index contributed by atoms with van der Waals surface area (Å²) in [7, 11) is 0. The number of rotatable bonds is 3. The first-order valence-electron chi connectivity index (χ1n) is 7.97. The van der Waals surface area contributed by atoms with E-state index in [0.29, 0.717) is 5.56 Å². The smallest absolute Gasteiger partial charge is 0.347 e. The van der Waals surface area contributed by atoms with Crippen molar-refractivity contribution in [1.82, 2.24) is 5.32 Å². The fraction of sp³-hybridized carbons (Fsp3) is 0.263. The van der Waals surface area contributed by atoms with E-state index < -0.39 is 28.9 Å². The molecular formula is C19H18ClF3N2O2. The summed E-state index contributed by atoms with van der Waals surface area (Å²) in [5.41, 5.74) is -1.40. The molecule has 0 radical (unpaired) electrons. The Morgan fingerprint density at radius 3 is 1.89 bits per heavy atom. The first kappa shape index (κ1) is 20.8. The van der Waals surface area contributed by atoms with Crippen LogP contribution in [0.15, 0.2) is 42.5 Å². The van der Waals surface area contributed by atoms with E-state index in [0.717, 1.165) is 12.1 Å². The fourth-order valence-corrected chi connectivity index (χ4v) is 2.41. The van der Waals surface area contributed by atoms with Gasteiger partial charge in [-0.25, -0.2) is 0 Å². The van der Waals surface area contributed by atoms with Crippen LogP contribution in [-0.4, -0.2) is 17.4 Å². The van der Waals surface area contributed by atoms with Gasteiger partial charge in [0.05, 0.1) is 11.3 Å². The van der Waals surface area contributed by atoms with Crippen LogP contribution in [-0.2, 0) is 6.18 Å². The molecule has 2 aromatic rings. The van der Waals surface area contributed by atoms with Gasteiger partial charge in [-0.3, -0.25) is 9.59 Å². The number of hydrogen-bond acceptors (Lipinski definition) is 2. The summed E-state index contributed by atoms with van der Waals surface area (Å²) in [5.74, 6) is -1.04. The molecule has 27 heavy (non-hydrogen) atoms. The van der Waals surface area contributed by atoms with Crippen LogP contribution in [0.5, 0.6) is 0 Å². The van der Waals surface area contributed by atoms with Gasteiger partial charge in [-0.05, 0) is 63.2 Å². The van der Waals surface area contributed by atoms with Gasteiger partial charge in [-0.1, -0.05) is 11.6 Å². The third-order valence-electron chi connectivity index (χ3n) is 3.43. The summed E-state index contributed by atoms with van der Waals surface area (Å²) >= 11 is 5.62. The Balaban J connectivity index is 2.19. The van der Waals surface area contributed by atoms with E-state index in [1.165, 1.54) is 30.3 Å². The van der Waals surface area contributed by atoms with Crippen molar-refractivity contribution in [2.45, 2.75) is 32.5 Å². The summed E-state index contributed by atoms with van der Waals surface area (Å²) < 4.78 is 39.3. The topological polar surface area (TPSA) is 58.2 Å². The Labute approximate surface area is 159 Å². The summed E-state index contributed by atoms with van der Waals surface area (Å²) in [4.78, 5) is 24.3. The molecule has 0 atom stereocenters. The Morgan fingerprint density at radius 1 is 0.889 bits per heavy atom. The minimum absolute atomic E-state index is 0.0884. The molecule has 0 aromatic heterocycles. The van der Waals surface area contributed by atoms with Crippen molar-refractivity contribution in [1.29, 1.82) is 0 Å². The molecule has 2 N–H and O–H groups in total. The van der Waals surface area contributed by atoms with Crippen molar-refractivity contribution >= 4 is 29.1 Å². The maximum Gasteiger partial charge on any atom is 0.418 e. The highest BCUT2D eigenvalue weighted by Gasteiger charge is 2.34. The highest BCUT2D eigenvalue weighted by atomic mass is 35.5. The molecule has 2 amide bonds. The molecule has 0 saturated heterocycles. The molecule has 2 aromatic carbocycles. The van der Waals surface area contributed by atoms with Crippen LogP contribution < -0.4 is 10.6 Å². The van der Waals surface area contributed by atoms with Gasteiger partial charge in [-0.15, -0.1) is 0 Å². The number of nitrogens with one attached hydrogen (secondary N) is 2. The van der Waals surface area contributed by atoms with Crippen LogP contribution in [0.1, 0.15) is 47.1 Å². The fourth-order valence-electron chi connectivity index (χ4n) is 2.24. The monoisotopic (exact) mass is 398 g/mol. The van der Waals surface area contributed by atoms with Crippen LogP contribution in [0.2, 0.25) is 5.02 Å². The molecule has 8 heteroatoms. The molecule has 0 aliphatic carbocycles. The first-order chi connectivity index (χ1) is 12.4. The summed E-state index contributed by atoms with van der Waals surface area (Å²) in [5, 5.41) is 4.92. The normalized spacial score (nSPS) is 11.8. The molecule has 144 valence electrons. The third-order valence-corrected chi connectivity index (χ3v) is 3.67. The predicted octanol–water partition coefficient (Wildman–Crippen LogP) is 5.14. The molecule has 0 saturated carbocycles. The van der Waals surface area contributed by atoms with Gasteiger partial charge in [0.2, 0.25) is 0 Å². The number of alkyl halides is 3. The van der Waals surface area contributed by atoms with Crippen LogP contribution in [0.3, 0.4) is 0 Å². The molecule has 4 nitrogen and oxygen atoms in total. The zero-order chi connectivity index (χ0) is 20.4. The number of anilines is 1. The average Bonchev–Trinajstić information content (AvgIpc) is 2.54. The minimum Gasteiger partial charge on any atom is -0.347 e. The Hall–Kier alpha value is -2.54. The highest BCUT2D eigenvalue weighted by Crippen LogP contribution is 2.36. The Kier molecular flexibility index (Phi) is 5.85. The van der Waals surface area contributed by atoms with Crippen LogP contribution in [0.25, 0.3) is 0 Å². The van der Waals surface area contributed by atoms with Crippen molar-refractivity contribution in [2.75, 3.05) is 5.32 Å². The second-order valence-electron chi connectivity index (χ2n) is 6.92. The van der Waals surface area contributed by atoms with Crippen molar-refractivity contribution in [3.8, 4) is 0 Å². The van der Waals surface area contributed by atoms with Crippen LogP contribution in [0, 0.1) is 0 Å². The standard InChI is InChI=1S/C19H18ClF3N2O2/c1-18(2,3)25-17(27)12-6-4-11(5-7-12)16(26)24-15-9-8-13(20)10-14(15)19(21,22)23/h4-10H,1-3H3,(H,24,26)(H,25,27). The molecule has 0 bridgehead atoms. The number of carbonyl (C=O) groups is 2. The SMILES string of the molecule is CC(C)(C)NC(=O)c1ccc(C(=O)Nc2ccc(Cl)cc2C(F)(F)F)cc1. The van der Waals surface area contributed by atoms with Crippen molar-refractivity contribution in [3.05, 3.63) is 64.2 Å². The molecule has 0 unspecified atom stereocenters. The van der Waals surface area contributed by atoms with E-state index in [2.05, 4.69) is 10.6 Å². The lowest BCUT2D eigenvalue weighted by Crippen LogP contribution is -2.40. The third kappa shape index (κ3) is 5.72. The van der Waals surface area contributed by atoms with E-state index in [1.54, 1.807) is 0 Å². The zero-order valence-electron chi connectivity index (χ0n) is 14.9. The van der Waals surface area contributed by atoms with Gasteiger partial charge in [-0.2, -0.15) is 13.2 Å². The lowest BCUT2D eigenvalue weighted by molar-refractivity contribution is -0.136. The number of benzene rings is 2. The van der Waals surface area contributed by atoms with E-state index >= 15 is 0 Å². The van der Waals surface area contributed by atoms with Gasteiger partial charge < -0.3 is 10.6 Å². The predicted molar refractivity (Wildman–Crippen MR) is 98.1 cm³/mol. The summed E-state index contributed by atoms with van der Waals surface area (Å²) in [6.07, 6.45) is -4.66. The van der Waals surface area contributed by atoms with Crippen molar-refractivity contribution in [3.63, 3.8) is 0 Å². The molecule has 0 spiro atoms. The number of amides is 2. The largest absolute Gasteiger partial charge is 0.418 e. The second-order valence-corrected chi connectivity index (χ2v) is 7.36. The van der Waals surface area contributed by atoms with Gasteiger partial charge in [0.1, 0.15) is 0 Å². The van der Waals surface area contributed by atoms with E-state index in [1.807, 2.05) is 20.8 Å². The van der Waals surface area contributed by atoms with Gasteiger partial charge in [0, 0.05) is 21.7 Å². The maximum absolute atomic E-state index is 13.1. The molecule has 0 fully saturated rings. The van der Waals surface area contributed by atoms with Gasteiger partial charge >= 0.3 is 6.18 Å². The molecular weight excluding hydrogens is 381 g/mol. The number of hydrogen-bond donors (Lipinski definition) is 2. The zero-order valence-corrected chi connectivity index (χ0v) is 15.6. The van der Waals surface area contributed by atoms with E-state index in [-0.39, 0.29) is 16.5 Å². The Bertz CT molecular complexity index is 857. The number of carbonyl (C=O) groups excluding carboxylic acids is 2. The molecule has 0 heterocycles. The minimum atomic E-state index is -4.66. The Morgan fingerprint density at radius 2 is 1.41 bits per heavy atom.